The number of aromatic nitrogens is 2. The van der Waals surface area contributed by atoms with Gasteiger partial charge in [0.1, 0.15) is 12.4 Å². The quantitative estimate of drug-likeness (QED) is 0.738. The second-order valence-corrected chi connectivity index (χ2v) is 6.78. The van der Waals surface area contributed by atoms with Gasteiger partial charge >= 0.3 is 0 Å². The molecule has 8 nitrogen and oxygen atoms in total. The molecule has 0 radical (unpaired) electrons. The Hall–Kier alpha value is -2.81. The first-order valence-electron chi connectivity index (χ1n) is 8.70. The molecule has 0 unspecified atom stereocenters. The molecule has 0 aliphatic carbocycles. The van der Waals surface area contributed by atoms with Gasteiger partial charge in [-0.2, -0.15) is 0 Å². The van der Waals surface area contributed by atoms with Crippen molar-refractivity contribution in [3.63, 3.8) is 0 Å². The molecule has 2 heterocycles. The maximum absolute atomic E-state index is 13.4. The average molecular weight is 375 g/mol. The standard InChI is InChI=1S/C18H22FN5O3/c1-21(2)16(25)10-22-5-7-23(8-6-22)17(26)11-24-12-20-15-4-3-13(19)9-14(15)18(24)27/h3-4,9,12H,5-8,10-11H2,1-2H3. The van der Waals surface area contributed by atoms with Crippen LogP contribution in [0.4, 0.5) is 4.39 Å². The lowest BCUT2D eigenvalue weighted by Crippen LogP contribution is -2.51. The number of likely N-dealkylation sites (N-methyl/N-ethyl adjacent to an activating group) is 1. The van der Waals surface area contributed by atoms with Crippen molar-refractivity contribution in [1.82, 2.24) is 24.3 Å². The Morgan fingerprint density at radius 1 is 1.15 bits per heavy atom. The highest BCUT2D eigenvalue weighted by Gasteiger charge is 2.23. The number of carbonyl (C=O) groups is 2. The fourth-order valence-electron chi connectivity index (χ4n) is 2.98. The first-order valence-corrected chi connectivity index (χ1v) is 8.70. The van der Waals surface area contributed by atoms with Crippen LogP contribution in [0.1, 0.15) is 0 Å². The average Bonchev–Trinajstić information content (AvgIpc) is 2.65. The van der Waals surface area contributed by atoms with Gasteiger partial charge in [0.2, 0.25) is 11.8 Å². The number of fused-ring (bicyclic) bond motifs is 1. The highest BCUT2D eigenvalue weighted by molar-refractivity contribution is 5.79. The van der Waals surface area contributed by atoms with Crippen molar-refractivity contribution in [1.29, 1.82) is 0 Å². The molecule has 2 aromatic rings. The molecule has 1 aromatic carbocycles. The Kier molecular flexibility index (Phi) is 5.50. The van der Waals surface area contributed by atoms with Crippen molar-refractivity contribution in [3.8, 4) is 0 Å². The van der Waals surface area contributed by atoms with Crippen LogP contribution in [0.3, 0.4) is 0 Å². The smallest absolute Gasteiger partial charge is 0.261 e. The van der Waals surface area contributed by atoms with E-state index in [2.05, 4.69) is 4.98 Å². The molecule has 2 amide bonds. The van der Waals surface area contributed by atoms with E-state index >= 15 is 0 Å². The summed E-state index contributed by atoms with van der Waals surface area (Å²) < 4.78 is 14.6. The molecule has 0 bridgehead atoms. The summed E-state index contributed by atoms with van der Waals surface area (Å²) in [5, 5.41) is 0.150. The van der Waals surface area contributed by atoms with Crippen LogP contribution in [0.2, 0.25) is 0 Å². The molecule has 0 atom stereocenters. The van der Waals surface area contributed by atoms with Crippen LogP contribution in [0.25, 0.3) is 10.9 Å². The van der Waals surface area contributed by atoms with Gasteiger partial charge in [-0.25, -0.2) is 9.37 Å². The molecule has 27 heavy (non-hydrogen) atoms. The van der Waals surface area contributed by atoms with Crippen LogP contribution in [-0.4, -0.2) is 82.9 Å². The van der Waals surface area contributed by atoms with E-state index in [0.717, 1.165) is 6.07 Å². The van der Waals surface area contributed by atoms with Gasteiger partial charge in [0, 0.05) is 40.3 Å². The predicted octanol–water partition coefficient (Wildman–Crippen LogP) is -0.232. The lowest BCUT2D eigenvalue weighted by Gasteiger charge is -2.34. The molecule has 1 fully saturated rings. The molecule has 144 valence electrons. The summed E-state index contributed by atoms with van der Waals surface area (Å²) in [6.07, 6.45) is 1.31. The molecule has 1 aliphatic rings. The van der Waals surface area contributed by atoms with E-state index in [1.165, 1.54) is 23.0 Å². The normalized spacial score (nSPS) is 15.1. The van der Waals surface area contributed by atoms with Crippen molar-refractivity contribution in [3.05, 3.63) is 40.7 Å². The van der Waals surface area contributed by atoms with E-state index < -0.39 is 11.4 Å². The van der Waals surface area contributed by atoms with Gasteiger partial charge in [-0.05, 0) is 18.2 Å². The number of benzene rings is 1. The number of piperazine rings is 1. The second kappa shape index (κ2) is 7.83. The van der Waals surface area contributed by atoms with E-state index in [1.54, 1.807) is 23.9 Å². The minimum Gasteiger partial charge on any atom is -0.348 e. The zero-order chi connectivity index (χ0) is 19.6. The zero-order valence-electron chi connectivity index (χ0n) is 15.4. The lowest BCUT2D eigenvalue weighted by atomic mass is 10.2. The first kappa shape index (κ1) is 19.0. The van der Waals surface area contributed by atoms with Gasteiger partial charge in [-0.15, -0.1) is 0 Å². The minimum atomic E-state index is -0.520. The van der Waals surface area contributed by atoms with E-state index in [-0.39, 0.29) is 23.7 Å². The number of rotatable bonds is 4. The largest absolute Gasteiger partial charge is 0.348 e. The molecule has 0 N–H and O–H groups in total. The van der Waals surface area contributed by atoms with Gasteiger partial charge < -0.3 is 9.80 Å². The molecular formula is C18H22FN5O3. The third-order valence-electron chi connectivity index (χ3n) is 4.67. The summed E-state index contributed by atoms with van der Waals surface area (Å²) in [5.41, 5.74) is -0.0488. The van der Waals surface area contributed by atoms with Crippen LogP contribution >= 0.6 is 0 Å². The SMILES string of the molecule is CN(C)C(=O)CN1CCN(C(=O)Cn2cnc3ccc(F)cc3c2=O)CC1. The number of nitrogens with zero attached hydrogens (tertiary/aromatic N) is 5. The number of halogens is 1. The summed E-state index contributed by atoms with van der Waals surface area (Å²) in [6.45, 7) is 2.36. The molecule has 1 saturated heterocycles. The summed E-state index contributed by atoms with van der Waals surface area (Å²) in [4.78, 5) is 46.1. The van der Waals surface area contributed by atoms with Crippen LogP contribution in [0.15, 0.2) is 29.3 Å². The molecule has 1 aliphatic heterocycles. The molecule has 0 saturated carbocycles. The number of carbonyl (C=O) groups excluding carboxylic acids is 2. The predicted molar refractivity (Wildman–Crippen MR) is 97.7 cm³/mol. The van der Waals surface area contributed by atoms with Gasteiger partial charge in [-0.3, -0.25) is 23.9 Å². The second-order valence-electron chi connectivity index (χ2n) is 6.78. The van der Waals surface area contributed by atoms with E-state index in [9.17, 15) is 18.8 Å². The van der Waals surface area contributed by atoms with Crippen molar-refractivity contribution < 1.29 is 14.0 Å². The Morgan fingerprint density at radius 2 is 1.85 bits per heavy atom. The summed E-state index contributed by atoms with van der Waals surface area (Å²) in [7, 11) is 3.42. The molecule has 9 heteroatoms. The fourth-order valence-corrected chi connectivity index (χ4v) is 2.98. The summed E-state index contributed by atoms with van der Waals surface area (Å²) in [6, 6.07) is 3.81. The fraction of sp³-hybridized carbons (Fsp3) is 0.444. The monoisotopic (exact) mass is 375 g/mol. The third-order valence-corrected chi connectivity index (χ3v) is 4.67. The molecule has 1 aromatic heterocycles. The minimum absolute atomic E-state index is 0.0239. The van der Waals surface area contributed by atoms with Crippen LogP contribution in [0, 0.1) is 5.82 Å². The number of amides is 2. The van der Waals surface area contributed by atoms with Gasteiger partial charge in [0.25, 0.3) is 5.56 Å². The van der Waals surface area contributed by atoms with Crippen molar-refractivity contribution in [2.75, 3.05) is 46.8 Å². The third kappa shape index (κ3) is 4.30. The van der Waals surface area contributed by atoms with E-state index in [1.807, 2.05) is 4.90 Å². The Balaban J connectivity index is 1.63. The molecule has 3 rings (SSSR count). The highest BCUT2D eigenvalue weighted by Crippen LogP contribution is 2.09. The lowest BCUT2D eigenvalue weighted by molar-refractivity contribution is -0.134. The number of hydrogen-bond acceptors (Lipinski definition) is 5. The van der Waals surface area contributed by atoms with Crippen LogP contribution in [0.5, 0.6) is 0 Å². The number of hydrogen-bond donors (Lipinski definition) is 0. The van der Waals surface area contributed by atoms with Gasteiger partial charge in [0.05, 0.1) is 23.8 Å². The molecule has 0 spiro atoms. The van der Waals surface area contributed by atoms with Crippen molar-refractivity contribution >= 4 is 22.7 Å². The Bertz CT molecular complexity index is 919. The van der Waals surface area contributed by atoms with Crippen LogP contribution in [-0.2, 0) is 16.1 Å². The Labute approximate surface area is 155 Å². The maximum Gasteiger partial charge on any atom is 0.261 e. The first-order chi connectivity index (χ1) is 12.8. The van der Waals surface area contributed by atoms with Gasteiger partial charge in [-0.1, -0.05) is 0 Å². The maximum atomic E-state index is 13.4. The Morgan fingerprint density at radius 3 is 2.52 bits per heavy atom. The molecular weight excluding hydrogens is 353 g/mol. The van der Waals surface area contributed by atoms with E-state index in [4.69, 9.17) is 0 Å². The van der Waals surface area contributed by atoms with Crippen molar-refractivity contribution in [2.24, 2.45) is 0 Å². The summed E-state index contributed by atoms with van der Waals surface area (Å²) >= 11 is 0. The van der Waals surface area contributed by atoms with Gasteiger partial charge in [0.15, 0.2) is 0 Å². The highest BCUT2D eigenvalue weighted by atomic mass is 19.1. The zero-order valence-corrected chi connectivity index (χ0v) is 15.4. The van der Waals surface area contributed by atoms with Crippen molar-refractivity contribution in [2.45, 2.75) is 6.54 Å². The van der Waals surface area contributed by atoms with E-state index in [0.29, 0.717) is 38.2 Å². The summed E-state index contributed by atoms with van der Waals surface area (Å²) in [5.74, 6) is -0.696. The van der Waals surface area contributed by atoms with Crippen LogP contribution < -0.4 is 5.56 Å². The topological polar surface area (TPSA) is 78.8 Å².